The minimum Gasteiger partial charge on any atom is -0.418 e. The van der Waals surface area contributed by atoms with Crippen LogP contribution in [0, 0.1) is 0 Å². The first kappa shape index (κ1) is 26.0. The highest BCUT2D eigenvalue weighted by atomic mass is 19.5. The monoisotopic (exact) mass is 394 g/mol. The molecule has 1 heterocycles. The van der Waals surface area contributed by atoms with Crippen molar-refractivity contribution in [3.8, 4) is 0 Å². The number of aryl methyl sites for hydroxylation is 1. The molecule has 0 aromatic carbocycles. The van der Waals surface area contributed by atoms with Gasteiger partial charge in [0, 0.05) is 6.42 Å². The van der Waals surface area contributed by atoms with Gasteiger partial charge in [-0.1, -0.05) is 96.8 Å². The van der Waals surface area contributed by atoms with E-state index in [-0.39, 0.29) is 0 Å². The fraction of sp³-hybridized carbons (Fsp3) is 0.850. The number of H-pyrrole nitrogens is 2. The molecule has 0 spiro atoms. The Balaban J connectivity index is 0.00000119. The van der Waals surface area contributed by atoms with Crippen LogP contribution in [0.25, 0.3) is 0 Å². The SMILES string of the molecule is CCCCCCCCCCCCCCCCCc1[nH]cc[nH+]1.F[B-](F)(F)F. The Bertz CT molecular complexity index is 391. The number of hydrogen-bond donors (Lipinski definition) is 1. The van der Waals surface area contributed by atoms with Gasteiger partial charge >= 0.3 is 7.25 Å². The normalized spacial score (nSPS) is 11.3. The van der Waals surface area contributed by atoms with Gasteiger partial charge in [0.1, 0.15) is 12.4 Å². The molecule has 1 rings (SSSR count). The Morgan fingerprint density at radius 2 is 1.07 bits per heavy atom. The van der Waals surface area contributed by atoms with Gasteiger partial charge in [0.15, 0.2) is 0 Å². The highest BCUT2D eigenvalue weighted by molar-refractivity contribution is 6.50. The zero-order valence-electron chi connectivity index (χ0n) is 17.1. The van der Waals surface area contributed by atoms with Gasteiger partial charge in [0.25, 0.3) is 5.82 Å². The molecule has 0 atom stereocenters. The lowest BCUT2D eigenvalue weighted by Gasteiger charge is -2.03. The number of halogens is 4. The van der Waals surface area contributed by atoms with Crippen LogP contribution < -0.4 is 4.98 Å². The topological polar surface area (TPSA) is 29.9 Å². The van der Waals surface area contributed by atoms with Crippen molar-refractivity contribution in [1.82, 2.24) is 4.98 Å². The van der Waals surface area contributed by atoms with Crippen LogP contribution in [0.5, 0.6) is 0 Å². The van der Waals surface area contributed by atoms with Gasteiger partial charge in [-0.3, -0.25) is 0 Å². The predicted octanol–water partition coefficient (Wildman–Crippen LogP) is 7.54. The van der Waals surface area contributed by atoms with Crippen molar-refractivity contribution in [3.05, 3.63) is 18.2 Å². The molecule has 0 saturated carbocycles. The van der Waals surface area contributed by atoms with Gasteiger partial charge in [0.2, 0.25) is 0 Å². The van der Waals surface area contributed by atoms with Crippen LogP contribution >= 0.6 is 0 Å². The second-order valence-electron chi connectivity index (χ2n) is 7.30. The van der Waals surface area contributed by atoms with E-state index in [0.717, 1.165) is 0 Å². The third-order valence-electron chi connectivity index (χ3n) is 4.63. The van der Waals surface area contributed by atoms with Crippen molar-refractivity contribution < 1.29 is 22.2 Å². The van der Waals surface area contributed by atoms with Gasteiger partial charge in [0.05, 0.1) is 0 Å². The van der Waals surface area contributed by atoms with E-state index < -0.39 is 7.25 Å². The van der Waals surface area contributed by atoms with Gasteiger partial charge in [-0.05, 0) is 6.42 Å². The quantitative estimate of drug-likeness (QED) is 0.171. The smallest absolute Gasteiger partial charge is 0.418 e. The first-order valence-corrected chi connectivity index (χ1v) is 10.8. The van der Waals surface area contributed by atoms with Crippen LogP contribution in [0.2, 0.25) is 0 Å². The second-order valence-corrected chi connectivity index (χ2v) is 7.30. The molecule has 2 N–H and O–H groups in total. The van der Waals surface area contributed by atoms with Crippen LogP contribution in [0.1, 0.15) is 109 Å². The summed E-state index contributed by atoms with van der Waals surface area (Å²) in [5.41, 5.74) is 0. The molecule has 27 heavy (non-hydrogen) atoms. The number of unbranched alkanes of at least 4 members (excludes halogenated alkanes) is 14. The van der Waals surface area contributed by atoms with E-state index in [9.17, 15) is 17.3 Å². The first-order valence-electron chi connectivity index (χ1n) is 10.8. The van der Waals surface area contributed by atoms with Crippen molar-refractivity contribution in [2.45, 2.75) is 110 Å². The summed E-state index contributed by atoms with van der Waals surface area (Å²) in [7, 11) is -6.00. The van der Waals surface area contributed by atoms with Gasteiger partial charge in [-0.15, -0.1) is 0 Å². The Labute approximate surface area is 163 Å². The number of aromatic nitrogens is 2. The summed E-state index contributed by atoms with van der Waals surface area (Å²) in [5.74, 6) is 1.27. The number of hydrogen-bond acceptors (Lipinski definition) is 0. The minimum absolute atomic E-state index is 1.17. The average Bonchev–Trinajstić information content (AvgIpc) is 3.10. The number of aromatic amines is 2. The predicted molar refractivity (Wildman–Crippen MR) is 106 cm³/mol. The lowest BCUT2D eigenvalue weighted by Crippen LogP contribution is -2.05. The Kier molecular flexibility index (Phi) is 17.7. The maximum absolute atomic E-state index is 9.75. The molecule has 7 heteroatoms. The van der Waals surface area contributed by atoms with Crippen LogP contribution in [0.3, 0.4) is 0 Å². The summed E-state index contributed by atoms with van der Waals surface area (Å²) >= 11 is 0. The highest BCUT2D eigenvalue weighted by Crippen LogP contribution is 2.13. The summed E-state index contributed by atoms with van der Waals surface area (Å²) in [6, 6.07) is 0. The molecule has 0 aliphatic carbocycles. The average molecular weight is 394 g/mol. The van der Waals surface area contributed by atoms with E-state index in [2.05, 4.69) is 16.9 Å². The standard InChI is InChI=1S/C20H38N2.BF4/c1-2-3-4-5-6-7-8-9-10-11-12-13-14-15-16-17-20-21-18-19-22-20;2-1(3,4)5/h18-19H,2-17H2,1H3,(H,21,22);/q;-1/p+1. The van der Waals surface area contributed by atoms with Crippen molar-refractivity contribution in [2.24, 2.45) is 0 Å². The summed E-state index contributed by atoms with van der Waals surface area (Å²) in [4.78, 5) is 6.46. The summed E-state index contributed by atoms with van der Waals surface area (Å²) in [6.07, 6.45) is 26.6. The maximum atomic E-state index is 9.75. The number of nitrogens with one attached hydrogen (secondary N) is 2. The maximum Gasteiger partial charge on any atom is 0.673 e. The molecule has 2 nitrogen and oxygen atoms in total. The second kappa shape index (κ2) is 18.4. The zero-order valence-corrected chi connectivity index (χ0v) is 17.1. The number of imidazole rings is 1. The first-order chi connectivity index (χ1) is 12.9. The van der Waals surface area contributed by atoms with Crippen LogP contribution in [0.4, 0.5) is 17.3 Å². The molecule has 0 bridgehead atoms. The van der Waals surface area contributed by atoms with E-state index in [4.69, 9.17) is 0 Å². The third kappa shape index (κ3) is 25.0. The van der Waals surface area contributed by atoms with Crippen molar-refractivity contribution >= 4 is 7.25 Å². The largest absolute Gasteiger partial charge is 0.673 e. The van der Waals surface area contributed by atoms with E-state index in [1.807, 2.05) is 12.4 Å². The minimum atomic E-state index is -6.00. The van der Waals surface area contributed by atoms with Gasteiger partial charge in [-0.25, -0.2) is 9.97 Å². The summed E-state index contributed by atoms with van der Waals surface area (Å²) in [6.45, 7) is 2.29. The van der Waals surface area contributed by atoms with Crippen molar-refractivity contribution in [1.29, 1.82) is 0 Å². The van der Waals surface area contributed by atoms with Crippen LogP contribution in [-0.2, 0) is 6.42 Å². The molecule has 0 fully saturated rings. The molecule has 1 aromatic heterocycles. The molecule has 0 radical (unpaired) electrons. The lowest BCUT2D eigenvalue weighted by molar-refractivity contribution is -0.388. The van der Waals surface area contributed by atoms with Gasteiger partial charge in [-0.2, -0.15) is 0 Å². The van der Waals surface area contributed by atoms with Crippen molar-refractivity contribution in [3.63, 3.8) is 0 Å². The zero-order chi connectivity index (χ0) is 20.2. The Hall–Kier alpha value is -1.01. The molecule has 160 valence electrons. The van der Waals surface area contributed by atoms with E-state index in [1.54, 1.807) is 0 Å². The fourth-order valence-electron chi connectivity index (χ4n) is 3.14. The summed E-state index contributed by atoms with van der Waals surface area (Å²) < 4.78 is 39.0. The van der Waals surface area contributed by atoms with E-state index in [0.29, 0.717) is 0 Å². The third-order valence-corrected chi connectivity index (χ3v) is 4.63. The molecule has 0 amide bonds. The number of rotatable bonds is 16. The molecular weight excluding hydrogens is 355 g/mol. The van der Waals surface area contributed by atoms with Crippen LogP contribution in [-0.4, -0.2) is 12.2 Å². The molecule has 0 aliphatic heterocycles. The molecule has 1 aromatic rings. The molecular formula is C20H39BF4N2. The lowest BCUT2D eigenvalue weighted by atomic mass is 10.0. The van der Waals surface area contributed by atoms with Crippen LogP contribution in [0.15, 0.2) is 12.4 Å². The van der Waals surface area contributed by atoms with E-state index in [1.165, 1.54) is 109 Å². The van der Waals surface area contributed by atoms with Gasteiger partial charge < -0.3 is 17.3 Å². The Morgan fingerprint density at radius 3 is 1.41 bits per heavy atom. The molecule has 0 unspecified atom stereocenters. The molecule has 0 saturated heterocycles. The van der Waals surface area contributed by atoms with Crippen molar-refractivity contribution in [2.75, 3.05) is 0 Å². The Morgan fingerprint density at radius 1 is 0.704 bits per heavy atom. The molecule has 0 aliphatic rings. The summed E-state index contributed by atoms with van der Waals surface area (Å²) in [5, 5.41) is 0. The van der Waals surface area contributed by atoms with E-state index >= 15 is 0 Å². The fourth-order valence-corrected chi connectivity index (χ4v) is 3.14. The highest BCUT2D eigenvalue weighted by Gasteiger charge is 2.20.